The van der Waals surface area contributed by atoms with E-state index in [0.29, 0.717) is 0 Å². The molecule has 0 saturated carbocycles. The van der Waals surface area contributed by atoms with Crippen LogP contribution in [0.4, 0.5) is 34.1 Å². The van der Waals surface area contributed by atoms with Crippen molar-refractivity contribution >= 4 is 99.5 Å². The van der Waals surface area contributed by atoms with Crippen LogP contribution in [0.1, 0.15) is 0 Å². The van der Waals surface area contributed by atoms with Gasteiger partial charge in [0.05, 0.1) is 23.9 Å². The Kier molecular flexibility index (Phi) is 8.46. The second kappa shape index (κ2) is 14.9. The van der Waals surface area contributed by atoms with Crippen LogP contribution < -0.4 is 9.80 Å². The summed E-state index contributed by atoms with van der Waals surface area (Å²) in [5.74, 6) is 0. The molecule has 0 aliphatic carbocycles. The number of para-hydroxylation sites is 2. The lowest BCUT2D eigenvalue weighted by atomic mass is 9.98. The Balaban J connectivity index is 0.945. The third kappa shape index (κ3) is 6.16. The Morgan fingerprint density at radius 2 is 0.692 bits per heavy atom. The Hall–Kier alpha value is -8.80. The maximum atomic E-state index is 6.79. The molecule has 0 saturated heterocycles. The van der Waals surface area contributed by atoms with Crippen molar-refractivity contribution in [2.24, 2.45) is 0 Å². The van der Waals surface area contributed by atoms with Gasteiger partial charge in [0.15, 0.2) is 0 Å². The summed E-state index contributed by atoms with van der Waals surface area (Å²) in [6.07, 6.45) is 3.54. The molecule has 0 unspecified atom stereocenters. The summed E-state index contributed by atoms with van der Waals surface area (Å²) in [5, 5.41) is 8.75. The molecule has 0 bridgehead atoms. The predicted molar refractivity (Wildman–Crippen MR) is 269 cm³/mol. The van der Waals surface area contributed by atoms with Crippen LogP contribution in [-0.4, -0.2) is 0 Å². The standard InChI is InChI=1S/C60H38N2O3/c1-5-13-39(14-6-1)57-53(27-23-41-29-31-63-59(41)57)61(47-17-9-3-10-18-47)49-25-21-43-35-51-52-36-44-22-26-50(34-46(44)38-56(52)65-55(51)37-45(43)33-49)62(48-19-11-4-12-20-48)54-28-24-42-30-32-64-60(42)58(54)40-15-7-2-8-16-40/h1-38H. The first kappa shape index (κ1) is 36.8. The van der Waals surface area contributed by atoms with E-state index in [-0.39, 0.29) is 0 Å². The van der Waals surface area contributed by atoms with Crippen molar-refractivity contribution in [1.82, 2.24) is 0 Å². The van der Waals surface area contributed by atoms with Gasteiger partial charge in [0, 0.05) is 55.4 Å². The highest BCUT2D eigenvalue weighted by atomic mass is 16.3. The number of benzene rings is 10. The number of fused-ring (bicyclic) bond motifs is 7. The first-order valence-electron chi connectivity index (χ1n) is 21.9. The molecule has 10 aromatic carbocycles. The van der Waals surface area contributed by atoms with Crippen LogP contribution in [0.3, 0.4) is 0 Å². The van der Waals surface area contributed by atoms with E-state index in [0.717, 1.165) is 122 Å². The second-order valence-electron chi connectivity index (χ2n) is 16.5. The molecule has 5 heteroatoms. The number of hydrogen-bond donors (Lipinski definition) is 0. The van der Waals surface area contributed by atoms with E-state index in [1.807, 2.05) is 24.3 Å². The second-order valence-corrected chi connectivity index (χ2v) is 16.5. The molecule has 5 nitrogen and oxygen atoms in total. The summed E-state index contributed by atoms with van der Waals surface area (Å²) < 4.78 is 19.2. The maximum Gasteiger partial charge on any atom is 0.143 e. The summed E-state index contributed by atoms with van der Waals surface area (Å²) in [6, 6.07) is 77.1. The van der Waals surface area contributed by atoms with Gasteiger partial charge in [-0.1, -0.05) is 109 Å². The highest BCUT2D eigenvalue weighted by molar-refractivity contribution is 6.14. The van der Waals surface area contributed by atoms with Gasteiger partial charge in [0.1, 0.15) is 22.3 Å². The van der Waals surface area contributed by atoms with Crippen LogP contribution in [0, 0.1) is 0 Å². The number of nitrogens with zero attached hydrogens (tertiary/aromatic N) is 2. The fourth-order valence-corrected chi connectivity index (χ4v) is 9.71. The summed E-state index contributed by atoms with van der Waals surface area (Å²) >= 11 is 0. The molecule has 0 aliphatic heterocycles. The van der Waals surface area contributed by atoms with E-state index in [9.17, 15) is 0 Å². The normalized spacial score (nSPS) is 11.7. The van der Waals surface area contributed by atoms with E-state index in [4.69, 9.17) is 13.3 Å². The lowest BCUT2D eigenvalue weighted by Crippen LogP contribution is -2.11. The number of rotatable bonds is 8. The average Bonchev–Trinajstić information content (AvgIpc) is 4.13. The Morgan fingerprint density at radius 3 is 1.12 bits per heavy atom. The number of furan rings is 3. The molecule has 0 atom stereocenters. The Morgan fingerprint density at radius 1 is 0.292 bits per heavy atom. The molecule has 0 amide bonds. The van der Waals surface area contributed by atoms with Gasteiger partial charge in [-0.15, -0.1) is 0 Å². The molecule has 13 rings (SSSR count). The lowest BCUT2D eigenvalue weighted by molar-refractivity contribution is 0.616. The topological polar surface area (TPSA) is 45.9 Å². The molecular weight excluding hydrogens is 797 g/mol. The first-order valence-corrected chi connectivity index (χ1v) is 21.9. The van der Waals surface area contributed by atoms with Crippen LogP contribution in [0.5, 0.6) is 0 Å². The molecule has 0 fully saturated rings. The first-order chi connectivity index (χ1) is 32.2. The van der Waals surface area contributed by atoms with E-state index >= 15 is 0 Å². The zero-order chi connectivity index (χ0) is 42.8. The van der Waals surface area contributed by atoms with Crippen LogP contribution in [-0.2, 0) is 0 Å². The molecule has 65 heavy (non-hydrogen) atoms. The minimum atomic E-state index is 0.846. The van der Waals surface area contributed by atoms with Gasteiger partial charge in [-0.05, 0) is 142 Å². The predicted octanol–water partition coefficient (Wildman–Crippen LogP) is 17.7. The summed E-state index contributed by atoms with van der Waals surface area (Å²) in [4.78, 5) is 4.65. The van der Waals surface area contributed by atoms with E-state index in [1.54, 1.807) is 12.5 Å². The average molecular weight is 835 g/mol. The minimum Gasteiger partial charge on any atom is -0.464 e. The number of hydrogen-bond acceptors (Lipinski definition) is 5. The number of anilines is 6. The van der Waals surface area contributed by atoms with Gasteiger partial charge in [-0.2, -0.15) is 0 Å². The van der Waals surface area contributed by atoms with E-state index in [1.165, 1.54) is 0 Å². The fourth-order valence-electron chi connectivity index (χ4n) is 9.71. The molecule has 3 heterocycles. The third-order valence-electron chi connectivity index (χ3n) is 12.7. The quantitative estimate of drug-likeness (QED) is 0.153. The van der Waals surface area contributed by atoms with Gasteiger partial charge in [0.25, 0.3) is 0 Å². The Bertz CT molecular complexity index is 3640. The van der Waals surface area contributed by atoms with Gasteiger partial charge in [-0.25, -0.2) is 0 Å². The smallest absolute Gasteiger partial charge is 0.143 e. The lowest BCUT2D eigenvalue weighted by Gasteiger charge is -2.28. The van der Waals surface area contributed by atoms with E-state index < -0.39 is 0 Å². The van der Waals surface area contributed by atoms with Crippen molar-refractivity contribution < 1.29 is 13.3 Å². The van der Waals surface area contributed by atoms with Crippen LogP contribution in [0.15, 0.2) is 244 Å². The minimum absolute atomic E-state index is 0.846. The van der Waals surface area contributed by atoms with Crippen molar-refractivity contribution in [2.45, 2.75) is 0 Å². The molecule has 0 radical (unpaired) electrons. The van der Waals surface area contributed by atoms with Crippen LogP contribution in [0.2, 0.25) is 0 Å². The van der Waals surface area contributed by atoms with Crippen molar-refractivity contribution in [3.8, 4) is 22.3 Å². The van der Waals surface area contributed by atoms with E-state index in [2.05, 4.69) is 204 Å². The Labute approximate surface area is 374 Å². The van der Waals surface area contributed by atoms with Gasteiger partial charge in [-0.3, -0.25) is 0 Å². The molecule has 306 valence electrons. The summed E-state index contributed by atoms with van der Waals surface area (Å²) in [6.45, 7) is 0. The molecule has 13 aromatic rings. The zero-order valence-corrected chi connectivity index (χ0v) is 35.1. The summed E-state index contributed by atoms with van der Waals surface area (Å²) in [7, 11) is 0. The molecule has 3 aromatic heterocycles. The highest BCUT2D eigenvalue weighted by Gasteiger charge is 2.24. The summed E-state index contributed by atoms with van der Waals surface area (Å²) in [5.41, 5.74) is 13.9. The molecule has 0 N–H and O–H groups in total. The van der Waals surface area contributed by atoms with Crippen molar-refractivity contribution in [3.05, 3.63) is 231 Å². The SMILES string of the molecule is c1ccc(-c2c(N(c3ccccc3)c3ccc4cc5c(cc4c3)oc3cc4cc(N(c6ccccc6)c6ccc7ccoc7c6-c6ccccc6)ccc4cc35)ccc3ccoc23)cc1. The monoisotopic (exact) mass is 834 g/mol. The third-order valence-corrected chi connectivity index (χ3v) is 12.7. The molecule has 0 aliphatic rings. The van der Waals surface area contributed by atoms with Crippen molar-refractivity contribution in [3.63, 3.8) is 0 Å². The van der Waals surface area contributed by atoms with Crippen LogP contribution in [0.25, 0.3) is 87.7 Å². The highest BCUT2D eigenvalue weighted by Crippen LogP contribution is 2.48. The molecule has 0 spiro atoms. The fraction of sp³-hybridized carbons (Fsp3) is 0. The van der Waals surface area contributed by atoms with Gasteiger partial charge < -0.3 is 23.1 Å². The molecular formula is C60H38N2O3. The van der Waals surface area contributed by atoms with Crippen molar-refractivity contribution in [1.29, 1.82) is 0 Å². The largest absolute Gasteiger partial charge is 0.464 e. The van der Waals surface area contributed by atoms with Crippen LogP contribution >= 0.6 is 0 Å². The van der Waals surface area contributed by atoms with Gasteiger partial charge in [0.2, 0.25) is 0 Å². The maximum absolute atomic E-state index is 6.79. The van der Waals surface area contributed by atoms with Crippen molar-refractivity contribution in [2.75, 3.05) is 9.80 Å². The zero-order valence-electron chi connectivity index (χ0n) is 35.1. The van der Waals surface area contributed by atoms with Gasteiger partial charge >= 0.3 is 0 Å².